The van der Waals surface area contributed by atoms with Gasteiger partial charge >= 0.3 is 0 Å². The van der Waals surface area contributed by atoms with Crippen molar-refractivity contribution in [2.45, 2.75) is 23.8 Å². The Morgan fingerprint density at radius 2 is 2.14 bits per heavy atom. The fourth-order valence-corrected chi connectivity index (χ4v) is 4.22. The van der Waals surface area contributed by atoms with E-state index in [-0.39, 0.29) is 5.91 Å². The van der Waals surface area contributed by atoms with Crippen molar-refractivity contribution in [3.05, 3.63) is 46.3 Å². The number of thiophene rings is 1. The Hall–Kier alpha value is -1.33. The monoisotopic (exact) mass is 318 g/mol. The lowest BCUT2D eigenvalue weighted by Gasteiger charge is -2.31. The number of likely N-dealkylation sites (tertiary alicyclic amines) is 1. The van der Waals surface area contributed by atoms with Crippen LogP contribution >= 0.6 is 23.1 Å². The van der Waals surface area contributed by atoms with Crippen molar-refractivity contribution >= 4 is 29.0 Å². The molecule has 3 nitrogen and oxygen atoms in total. The Morgan fingerprint density at radius 1 is 1.33 bits per heavy atom. The molecule has 0 N–H and O–H groups in total. The molecule has 5 heteroatoms. The Morgan fingerprint density at radius 3 is 2.81 bits per heavy atom. The molecule has 0 aliphatic carbocycles. The molecule has 0 spiro atoms. The van der Waals surface area contributed by atoms with E-state index in [4.69, 9.17) is 0 Å². The molecule has 21 heavy (non-hydrogen) atoms. The van der Waals surface area contributed by atoms with E-state index < -0.39 is 0 Å². The summed E-state index contributed by atoms with van der Waals surface area (Å²) in [5.74, 6) is 0.736. The molecule has 1 aliphatic rings. The van der Waals surface area contributed by atoms with Gasteiger partial charge in [0.15, 0.2) is 0 Å². The third-order valence-corrected chi connectivity index (χ3v) is 5.67. The quantitative estimate of drug-likeness (QED) is 0.805. The van der Waals surface area contributed by atoms with Gasteiger partial charge in [0, 0.05) is 24.2 Å². The van der Waals surface area contributed by atoms with Crippen LogP contribution in [-0.4, -0.2) is 35.1 Å². The molecule has 0 radical (unpaired) electrons. The number of piperidine rings is 1. The number of amides is 1. The van der Waals surface area contributed by atoms with Crippen LogP contribution in [-0.2, 0) is 0 Å². The molecule has 0 atom stereocenters. The van der Waals surface area contributed by atoms with E-state index in [1.54, 1.807) is 6.20 Å². The van der Waals surface area contributed by atoms with Gasteiger partial charge in [-0.3, -0.25) is 4.79 Å². The first kappa shape index (κ1) is 14.6. The minimum Gasteiger partial charge on any atom is -0.339 e. The molecule has 3 heterocycles. The second-order valence-corrected chi connectivity index (χ2v) is 6.92. The Kier molecular flexibility index (Phi) is 4.60. The molecule has 2 aromatic rings. The molecule has 2 aromatic heterocycles. The Bertz CT molecular complexity index is 604. The number of hydrogen-bond donors (Lipinski definition) is 0. The highest BCUT2D eigenvalue weighted by molar-refractivity contribution is 7.98. The lowest BCUT2D eigenvalue weighted by Crippen LogP contribution is -2.38. The first-order valence-electron chi connectivity index (χ1n) is 7.11. The highest BCUT2D eigenvalue weighted by Gasteiger charge is 2.26. The van der Waals surface area contributed by atoms with Gasteiger partial charge in [0.25, 0.3) is 5.91 Å². The minimum atomic E-state index is 0.122. The summed E-state index contributed by atoms with van der Waals surface area (Å²) in [6.45, 7) is 1.67. The lowest BCUT2D eigenvalue weighted by molar-refractivity contribution is 0.0709. The topological polar surface area (TPSA) is 33.2 Å². The fraction of sp³-hybridized carbons (Fsp3) is 0.375. The lowest BCUT2D eigenvalue weighted by atomic mass is 9.95. The third-order valence-electron chi connectivity index (χ3n) is 3.92. The molecule has 1 aliphatic heterocycles. The van der Waals surface area contributed by atoms with Gasteiger partial charge < -0.3 is 4.90 Å². The van der Waals surface area contributed by atoms with Gasteiger partial charge in [-0.15, -0.1) is 23.1 Å². The molecule has 110 valence electrons. The Balaban J connectivity index is 1.68. The van der Waals surface area contributed by atoms with E-state index in [1.165, 1.54) is 16.6 Å². The Labute approximate surface area is 133 Å². The van der Waals surface area contributed by atoms with Crippen LogP contribution in [0.25, 0.3) is 0 Å². The standard InChI is InChI=1S/C16H18N2OS2/c1-20-15-13(4-2-8-17-15)16(19)18-9-6-12(7-10-18)14-5-3-11-21-14/h2-5,8,11-12H,6-7,9-10H2,1H3. The molecular weight excluding hydrogens is 300 g/mol. The van der Waals surface area contributed by atoms with E-state index in [2.05, 4.69) is 22.5 Å². The predicted molar refractivity (Wildman–Crippen MR) is 88.2 cm³/mol. The van der Waals surface area contributed by atoms with Crippen LogP contribution in [0.15, 0.2) is 40.9 Å². The third kappa shape index (κ3) is 3.14. The second kappa shape index (κ2) is 6.62. The molecule has 0 bridgehead atoms. The number of pyridine rings is 1. The zero-order chi connectivity index (χ0) is 14.7. The first-order chi connectivity index (χ1) is 10.3. The van der Waals surface area contributed by atoms with Gasteiger partial charge in [-0.25, -0.2) is 4.98 Å². The van der Waals surface area contributed by atoms with Crippen LogP contribution in [0.1, 0.15) is 34.0 Å². The van der Waals surface area contributed by atoms with E-state index in [0.29, 0.717) is 5.92 Å². The SMILES string of the molecule is CSc1ncccc1C(=O)N1CCC(c2cccs2)CC1. The van der Waals surface area contributed by atoms with Gasteiger partial charge in [0.2, 0.25) is 0 Å². The maximum Gasteiger partial charge on any atom is 0.256 e. The van der Waals surface area contributed by atoms with Gasteiger partial charge in [0.05, 0.1) is 5.56 Å². The van der Waals surface area contributed by atoms with Crippen molar-refractivity contribution in [3.63, 3.8) is 0 Å². The van der Waals surface area contributed by atoms with Crippen molar-refractivity contribution in [1.29, 1.82) is 0 Å². The molecule has 0 saturated carbocycles. The van der Waals surface area contributed by atoms with Gasteiger partial charge in [-0.2, -0.15) is 0 Å². The summed E-state index contributed by atoms with van der Waals surface area (Å²) in [6.07, 6.45) is 5.82. The van der Waals surface area contributed by atoms with Crippen LogP contribution in [0.5, 0.6) is 0 Å². The molecule has 1 fully saturated rings. The minimum absolute atomic E-state index is 0.122. The average molecular weight is 318 g/mol. The molecule has 3 rings (SSSR count). The number of nitrogens with zero attached hydrogens (tertiary/aromatic N) is 2. The number of rotatable bonds is 3. The van der Waals surface area contributed by atoms with Crippen LogP contribution < -0.4 is 0 Å². The summed E-state index contributed by atoms with van der Waals surface area (Å²) >= 11 is 3.35. The van der Waals surface area contributed by atoms with Crippen molar-refractivity contribution in [2.24, 2.45) is 0 Å². The van der Waals surface area contributed by atoms with E-state index in [0.717, 1.165) is 36.5 Å². The molecule has 0 unspecified atom stereocenters. The second-order valence-electron chi connectivity index (χ2n) is 5.14. The molecule has 1 amide bonds. The van der Waals surface area contributed by atoms with E-state index in [1.807, 2.05) is 34.6 Å². The van der Waals surface area contributed by atoms with Crippen molar-refractivity contribution < 1.29 is 4.79 Å². The van der Waals surface area contributed by atoms with Crippen LogP contribution in [0.2, 0.25) is 0 Å². The number of hydrogen-bond acceptors (Lipinski definition) is 4. The summed E-state index contributed by atoms with van der Waals surface area (Å²) in [4.78, 5) is 20.4. The maximum atomic E-state index is 12.6. The van der Waals surface area contributed by atoms with Crippen LogP contribution in [0.4, 0.5) is 0 Å². The van der Waals surface area contributed by atoms with Gasteiger partial charge in [-0.05, 0) is 48.6 Å². The number of carbonyl (C=O) groups is 1. The molecule has 0 aromatic carbocycles. The summed E-state index contributed by atoms with van der Waals surface area (Å²) in [6, 6.07) is 8.04. The smallest absolute Gasteiger partial charge is 0.256 e. The van der Waals surface area contributed by atoms with Crippen LogP contribution in [0, 0.1) is 0 Å². The van der Waals surface area contributed by atoms with E-state index >= 15 is 0 Å². The highest BCUT2D eigenvalue weighted by atomic mass is 32.2. The molecular formula is C16H18N2OS2. The summed E-state index contributed by atoms with van der Waals surface area (Å²) in [5, 5.41) is 2.95. The fourth-order valence-electron chi connectivity index (χ4n) is 2.78. The largest absolute Gasteiger partial charge is 0.339 e. The van der Waals surface area contributed by atoms with Crippen molar-refractivity contribution in [2.75, 3.05) is 19.3 Å². The first-order valence-corrected chi connectivity index (χ1v) is 9.21. The van der Waals surface area contributed by atoms with Crippen LogP contribution in [0.3, 0.4) is 0 Å². The molecule has 1 saturated heterocycles. The van der Waals surface area contributed by atoms with Gasteiger partial charge in [-0.1, -0.05) is 6.07 Å². The summed E-state index contributed by atoms with van der Waals surface area (Å²) in [7, 11) is 0. The number of carbonyl (C=O) groups excluding carboxylic acids is 1. The highest BCUT2D eigenvalue weighted by Crippen LogP contribution is 2.31. The summed E-state index contributed by atoms with van der Waals surface area (Å²) in [5.41, 5.74) is 0.736. The number of thioether (sulfide) groups is 1. The van der Waals surface area contributed by atoms with Gasteiger partial charge in [0.1, 0.15) is 5.03 Å². The maximum absolute atomic E-state index is 12.6. The zero-order valence-electron chi connectivity index (χ0n) is 12.0. The predicted octanol–water partition coefficient (Wildman–Crippen LogP) is 3.88. The van der Waals surface area contributed by atoms with Crippen molar-refractivity contribution in [1.82, 2.24) is 9.88 Å². The summed E-state index contributed by atoms with van der Waals surface area (Å²) < 4.78 is 0. The number of aromatic nitrogens is 1. The normalized spacial score (nSPS) is 16.1. The van der Waals surface area contributed by atoms with E-state index in [9.17, 15) is 4.79 Å². The average Bonchev–Trinajstić information content (AvgIpc) is 3.09. The zero-order valence-corrected chi connectivity index (χ0v) is 13.6. The van der Waals surface area contributed by atoms with Crippen molar-refractivity contribution in [3.8, 4) is 0 Å².